The lowest BCUT2D eigenvalue weighted by atomic mass is 10.1. The maximum Gasteiger partial charge on any atom is 0.263 e. The van der Waals surface area contributed by atoms with Gasteiger partial charge in [0.1, 0.15) is 6.10 Å². The molecular formula is C29H33F2N3O2Si. The zero-order valence-electron chi connectivity index (χ0n) is 21.8. The number of benzene rings is 3. The van der Waals surface area contributed by atoms with E-state index in [1.54, 1.807) is 0 Å². The monoisotopic (exact) mass is 521 g/mol. The Morgan fingerprint density at radius 2 is 1.54 bits per heavy atom. The number of aryl methyl sites for hydroxylation is 1. The molecule has 0 saturated carbocycles. The molecule has 0 spiro atoms. The molecule has 37 heavy (non-hydrogen) atoms. The number of rotatable bonds is 9. The van der Waals surface area contributed by atoms with Gasteiger partial charge in [-0.25, -0.2) is 8.78 Å². The summed E-state index contributed by atoms with van der Waals surface area (Å²) in [5.41, 5.74) is 2.75. The molecule has 0 aliphatic rings. The average molecular weight is 522 g/mol. The summed E-state index contributed by atoms with van der Waals surface area (Å²) >= 11 is 0. The third-order valence-electron chi connectivity index (χ3n) is 6.64. The molecule has 0 fully saturated rings. The van der Waals surface area contributed by atoms with Crippen molar-refractivity contribution >= 4 is 24.4 Å². The van der Waals surface area contributed by atoms with Crippen molar-refractivity contribution in [1.29, 1.82) is 0 Å². The lowest BCUT2D eigenvalue weighted by Gasteiger charge is -2.44. The van der Waals surface area contributed by atoms with E-state index in [-0.39, 0.29) is 12.3 Å². The van der Waals surface area contributed by atoms with E-state index in [4.69, 9.17) is 8.95 Å². The van der Waals surface area contributed by atoms with Gasteiger partial charge in [0.2, 0.25) is 11.7 Å². The van der Waals surface area contributed by atoms with Crippen LogP contribution in [0.5, 0.6) is 0 Å². The SMILES string of the molecule is CNc1cc(-c2noc(CC(O[Si](c3ccccc3)(c3ccccc3)C(C)(C)C)C(F)F)n2)ccc1C. The van der Waals surface area contributed by atoms with E-state index in [9.17, 15) is 8.78 Å². The topological polar surface area (TPSA) is 60.2 Å². The number of halogens is 2. The molecule has 5 nitrogen and oxygen atoms in total. The highest BCUT2D eigenvalue weighted by molar-refractivity contribution is 6.99. The van der Waals surface area contributed by atoms with E-state index in [0.717, 1.165) is 27.2 Å². The Kier molecular flexibility index (Phi) is 7.89. The smallest absolute Gasteiger partial charge is 0.263 e. The minimum absolute atomic E-state index is 0.116. The normalized spacial score (nSPS) is 13.1. The van der Waals surface area contributed by atoms with Crippen LogP contribution in [0.4, 0.5) is 14.5 Å². The van der Waals surface area contributed by atoms with Gasteiger partial charge < -0.3 is 14.3 Å². The van der Waals surface area contributed by atoms with E-state index < -0.39 is 25.9 Å². The van der Waals surface area contributed by atoms with Crippen LogP contribution >= 0.6 is 0 Å². The number of hydrogen-bond acceptors (Lipinski definition) is 5. The van der Waals surface area contributed by atoms with Crippen molar-refractivity contribution in [2.45, 2.75) is 51.7 Å². The van der Waals surface area contributed by atoms with Crippen molar-refractivity contribution in [3.8, 4) is 11.4 Å². The maximum atomic E-state index is 14.6. The Bertz CT molecular complexity index is 1270. The van der Waals surface area contributed by atoms with E-state index in [1.807, 2.05) is 92.8 Å². The molecular weight excluding hydrogens is 488 g/mol. The molecule has 0 radical (unpaired) electrons. The van der Waals surface area contributed by atoms with Crippen LogP contribution in [0, 0.1) is 6.92 Å². The van der Waals surface area contributed by atoms with Gasteiger partial charge in [-0.05, 0) is 34.0 Å². The van der Waals surface area contributed by atoms with Gasteiger partial charge in [-0.2, -0.15) is 4.98 Å². The standard InChI is InChI=1S/C29H33F2N3O2Si/c1-20-16-17-21(18-24(20)32-5)28-33-26(35-34-28)19-25(27(30)31)36-37(29(2,3)4,22-12-8-6-9-13-22)23-14-10-7-11-15-23/h6-18,25,27,32H,19H2,1-5H3. The summed E-state index contributed by atoms with van der Waals surface area (Å²) in [6, 6.07) is 25.2. The highest BCUT2D eigenvalue weighted by atomic mass is 28.4. The molecule has 1 aromatic heterocycles. The first kappa shape index (κ1) is 26.7. The van der Waals surface area contributed by atoms with Gasteiger partial charge in [0.25, 0.3) is 14.7 Å². The van der Waals surface area contributed by atoms with Gasteiger partial charge in [0.05, 0.1) is 6.42 Å². The summed E-state index contributed by atoms with van der Waals surface area (Å²) < 4.78 is 41.3. The van der Waals surface area contributed by atoms with Crippen LogP contribution in [-0.4, -0.2) is 38.0 Å². The van der Waals surface area contributed by atoms with Crippen molar-refractivity contribution in [1.82, 2.24) is 10.1 Å². The average Bonchev–Trinajstić information content (AvgIpc) is 3.35. The molecule has 0 aliphatic carbocycles. The Labute approximate surface area is 218 Å². The molecule has 3 aromatic carbocycles. The highest BCUT2D eigenvalue weighted by Gasteiger charge is 2.52. The Balaban J connectivity index is 1.72. The molecule has 0 saturated heterocycles. The second kappa shape index (κ2) is 10.9. The number of nitrogens with zero attached hydrogens (tertiary/aromatic N) is 2. The molecule has 0 bridgehead atoms. The maximum absolute atomic E-state index is 14.6. The van der Waals surface area contributed by atoms with Gasteiger partial charge in [-0.3, -0.25) is 0 Å². The Hall–Kier alpha value is -3.36. The van der Waals surface area contributed by atoms with Crippen LogP contribution in [-0.2, 0) is 10.8 Å². The molecule has 4 aromatic rings. The number of hydrogen-bond donors (Lipinski definition) is 1. The molecule has 1 heterocycles. The number of aromatic nitrogens is 2. The summed E-state index contributed by atoms with van der Waals surface area (Å²) in [4.78, 5) is 4.44. The minimum atomic E-state index is -3.18. The Morgan fingerprint density at radius 3 is 2.05 bits per heavy atom. The number of nitrogens with one attached hydrogen (secondary N) is 1. The zero-order valence-corrected chi connectivity index (χ0v) is 22.8. The quantitative estimate of drug-likeness (QED) is 0.281. The van der Waals surface area contributed by atoms with Crippen LogP contribution in [0.15, 0.2) is 83.4 Å². The predicted octanol–water partition coefficient (Wildman–Crippen LogP) is 5.84. The number of anilines is 1. The summed E-state index contributed by atoms with van der Waals surface area (Å²) in [5, 5.41) is 8.63. The lowest BCUT2D eigenvalue weighted by molar-refractivity contribution is 0.00243. The van der Waals surface area contributed by atoms with E-state index in [1.165, 1.54) is 0 Å². The molecule has 1 N–H and O–H groups in total. The van der Waals surface area contributed by atoms with Crippen LogP contribution in [0.3, 0.4) is 0 Å². The first-order valence-electron chi connectivity index (χ1n) is 12.3. The molecule has 0 amide bonds. The molecule has 1 unspecified atom stereocenters. The fourth-order valence-electron chi connectivity index (χ4n) is 4.76. The van der Waals surface area contributed by atoms with E-state index >= 15 is 0 Å². The molecule has 194 valence electrons. The van der Waals surface area contributed by atoms with Crippen LogP contribution in [0.25, 0.3) is 11.4 Å². The van der Waals surface area contributed by atoms with Gasteiger partial charge in [0, 0.05) is 18.3 Å². The fourth-order valence-corrected chi connectivity index (χ4v) is 9.41. The number of alkyl halides is 2. The second-order valence-corrected chi connectivity index (χ2v) is 14.4. The van der Waals surface area contributed by atoms with Crippen molar-refractivity contribution in [3.63, 3.8) is 0 Å². The minimum Gasteiger partial charge on any atom is -0.398 e. The van der Waals surface area contributed by atoms with Gasteiger partial charge in [-0.1, -0.05) is 98.7 Å². The van der Waals surface area contributed by atoms with Crippen molar-refractivity contribution in [3.05, 3.63) is 90.3 Å². The van der Waals surface area contributed by atoms with Crippen molar-refractivity contribution < 1.29 is 17.7 Å². The predicted molar refractivity (Wildman–Crippen MR) is 146 cm³/mol. The summed E-state index contributed by atoms with van der Waals surface area (Å²) in [7, 11) is -1.35. The van der Waals surface area contributed by atoms with E-state index in [2.05, 4.69) is 36.2 Å². The third kappa shape index (κ3) is 5.50. The molecule has 1 atom stereocenters. The Morgan fingerprint density at radius 1 is 0.946 bits per heavy atom. The lowest BCUT2D eigenvalue weighted by Crippen LogP contribution is -2.68. The van der Waals surface area contributed by atoms with Crippen molar-refractivity contribution in [2.24, 2.45) is 0 Å². The van der Waals surface area contributed by atoms with Gasteiger partial charge >= 0.3 is 0 Å². The second-order valence-electron chi connectivity index (χ2n) is 10.1. The van der Waals surface area contributed by atoms with Crippen LogP contribution in [0.1, 0.15) is 32.2 Å². The first-order chi connectivity index (χ1) is 17.7. The highest BCUT2D eigenvalue weighted by Crippen LogP contribution is 2.38. The molecule has 8 heteroatoms. The fraction of sp³-hybridized carbons (Fsp3) is 0.310. The van der Waals surface area contributed by atoms with Gasteiger partial charge in [0.15, 0.2) is 0 Å². The van der Waals surface area contributed by atoms with Crippen molar-refractivity contribution in [2.75, 3.05) is 12.4 Å². The molecule has 0 aliphatic heterocycles. The largest absolute Gasteiger partial charge is 0.398 e. The first-order valence-corrected chi connectivity index (χ1v) is 14.2. The van der Waals surface area contributed by atoms with Crippen LogP contribution in [0.2, 0.25) is 5.04 Å². The summed E-state index contributed by atoms with van der Waals surface area (Å²) in [6.45, 7) is 8.17. The van der Waals surface area contributed by atoms with Crippen LogP contribution < -0.4 is 15.7 Å². The molecule has 4 rings (SSSR count). The summed E-state index contributed by atoms with van der Waals surface area (Å²) in [6.07, 6.45) is -4.36. The van der Waals surface area contributed by atoms with Gasteiger partial charge in [-0.15, -0.1) is 0 Å². The zero-order chi connectivity index (χ0) is 26.6. The summed E-state index contributed by atoms with van der Waals surface area (Å²) in [5.74, 6) is 0.467. The van der Waals surface area contributed by atoms with E-state index in [0.29, 0.717) is 5.82 Å². The third-order valence-corrected chi connectivity index (χ3v) is 11.7.